The van der Waals surface area contributed by atoms with Crippen molar-refractivity contribution in [2.75, 3.05) is 5.32 Å². The van der Waals surface area contributed by atoms with E-state index in [4.69, 9.17) is 0 Å². The van der Waals surface area contributed by atoms with E-state index < -0.39 is 5.97 Å². The monoisotopic (exact) mass is 298 g/mol. The molecule has 0 spiro atoms. The van der Waals surface area contributed by atoms with Gasteiger partial charge in [0.25, 0.3) is 0 Å². The van der Waals surface area contributed by atoms with Gasteiger partial charge in [-0.25, -0.2) is 9.48 Å². The lowest BCUT2D eigenvalue weighted by Gasteiger charge is -2.24. The lowest BCUT2D eigenvalue weighted by atomic mass is 9.86. The third-order valence-electron chi connectivity index (χ3n) is 3.76. The van der Waals surface area contributed by atoms with E-state index in [1.54, 1.807) is 10.8 Å². The van der Waals surface area contributed by atoms with Crippen LogP contribution >= 0.6 is 0 Å². The topological polar surface area (TPSA) is 80.0 Å². The third-order valence-corrected chi connectivity index (χ3v) is 3.76. The minimum absolute atomic E-state index is 0.0765. The number of nitrogens with one attached hydrogen (secondary N) is 1. The maximum Gasteiger partial charge on any atom is 0.352 e. The molecule has 1 aliphatic heterocycles. The van der Waals surface area contributed by atoms with Gasteiger partial charge in [0.15, 0.2) is 0 Å². The lowest BCUT2D eigenvalue weighted by molar-refractivity contribution is -0.132. The van der Waals surface area contributed by atoms with Crippen LogP contribution in [0.4, 0.5) is 5.95 Å². The van der Waals surface area contributed by atoms with E-state index in [-0.39, 0.29) is 17.2 Å². The summed E-state index contributed by atoms with van der Waals surface area (Å²) in [4.78, 5) is 15.3. The number of fused-ring (bicyclic) bond motifs is 1. The van der Waals surface area contributed by atoms with Crippen molar-refractivity contribution in [2.24, 2.45) is 0 Å². The molecule has 0 saturated carbocycles. The number of rotatable bonds is 2. The zero-order valence-electron chi connectivity index (χ0n) is 12.7. The quantitative estimate of drug-likeness (QED) is 0.890. The molecule has 2 aromatic rings. The summed E-state index contributed by atoms with van der Waals surface area (Å²) in [7, 11) is 0. The second-order valence-electron chi connectivity index (χ2n) is 6.36. The first kappa shape index (κ1) is 14.3. The molecule has 1 aliphatic rings. The molecule has 1 aromatic carbocycles. The highest BCUT2D eigenvalue weighted by atomic mass is 16.4. The number of aromatic nitrogens is 3. The number of carbonyl (C=O) groups is 1. The highest BCUT2D eigenvalue weighted by Crippen LogP contribution is 2.30. The predicted molar refractivity (Wildman–Crippen MR) is 82.6 cm³/mol. The first-order valence-corrected chi connectivity index (χ1v) is 7.08. The fourth-order valence-corrected chi connectivity index (χ4v) is 2.48. The molecular weight excluding hydrogens is 280 g/mol. The number of anilines is 1. The summed E-state index contributed by atoms with van der Waals surface area (Å²) < 4.78 is 1.68. The lowest BCUT2D eigenvalue weighted by Crippen LogP contribution is -2.24. The molecule has 1 atom stereocenters. The molecule has 0 radical (unpaired) electrons. The van der Waals surface area contributed by atoms with Gasteiger partial charge in [-0.05, 0) is 22.6 Å². The van der Waals surface area contributed by atoms with Gasteiger partial charge in [0, 0.05) is 0 Å². The van der Waals surface area contributed by atoms with E-state index in [0.717, 1.165) is 5.56 Å². The number of benzene rings is 1. The van der Waals surface area contributed by atoms with Crippen LogP contribution in [0.15, 0.2) is 42.4 Å². The smallest absolute Gasteiger partial charge is 0.352 e. The molecule has 22 heavy (non-hydrogen) atoms. The number of hydrogen-bond donors (Lipinski definition) is 2. The summed E-state index contributed by atoms with van der Waals surface area (Å²) in [6, 6.07) is 7.89. The van der Waals surface area contributed by atoms with E-state index in [2.05, 4.69) is 48.3 Å². The molecule has 0 fully saturated rings. The summed E-state index contributed by atoms with van der Waals surface area (Å²) in [6.07, 6.45) is 3.06. The molecule has 114 valence electrons. The fourth-order valence-electron chi connectivity index (χ4n) is 2.48. The van der Waals surface area contributed by atoms with Gasteiger partial charge >= 0.3 is 5.97 Å². The van der Waals surface area contributed by atoms with Gasteiger partial charge < -0.3 is 10.4 Å². The number of carboxylic acid groups (broad SMARTS) is 1. The summed E-state index contributed by atoms with van der Waals surface area (Å²) >= 11 is 0. The van der Waals surface area contributed by atoms with E-state index >= 15 is 0 Å². The Morgan fingerprint density at radius 1 is 1.27 bits per heavy atom. The van der Waals surface area contributed by atoms with Gasteiger partial charge in [-0.3, -0.25) is 0 Å². The van der Waals surface area contributed by atoms with Crippen molar-refractivity contribution in [3.05, 3.63) is 53.5 Å². The SMILES string of the molecule is CC(C)(C)c1ccc(C2C=C(C(=O)O)Nc3ncnn32)cc1. The Bertz CT molecular complexity index is 738. The molecular formula is C16H18N4O2. The van der Waals surface area contributed by atoms with Crippen LogP contribution in [0, 0.1) is 0 Å². The normalized spacial score (nSPS) is 17.4. The molecule has 6 nitrogen and oxygen atoms in total. The van der Waals surface area contributed by atoms with E-state index in [9.17, 15) is 9.90 Å². The Kier molecular flexibility index (Phi) is 3.24. The molecule has 2 heterocycles. The van der Waals surface area contributed by atoms with Crippen LogP contribution in [0.2, 0.25) is 0 Å². The van der Waals surface area contributed by atoms with Crippen molar-refractivity contribution in [2.45, 2.75) is 32.2 Å². The molecule has 3 rings (SSSR count). The largest absolute Gasteiger partial charge is 0.477 e. The van der Waals surface area contributed by atoms with E-state index in [0.29, 0.717) is 5.95 Å². The molecule has 0 bridgehead atoms. The van der Waals surface area contributed by atoms with Crippen molar-refractivity contribution < 1.29 is 9.90 Å². The van der Waals surface area contributed by atoms with Crippen molar-refractivity contribution in [1.82, 2.24) is 14.8 Å². The summed E-state index contributed by atoms with van der Waals surface area (Å²) in [6.45, 7) is 6.47. The van der Waals surface area contributed by atoms with Crippen LogP contribution in [0.3, 0.4) is 0 Å². The Balaban J connectivity index is 2.02. The van der Waals surface area contributed by atoms with Crippen LogP contribution in [0.5, 0.6) is 0 Å². The van der Waals surface area contributed by atoms with Crippen molar-refractivity contribution in [1.29, 1.82) is 0 Å². The number of allylic oxidation sites excluding steroid dienone is 1. The molecule has 2 N–H and O–H groups in total. The zero-order valence-corrected chi connectivity index (χ0v) is 12.7. The minimum Gasteiger partial charge on any atom is -0.477 e. The maximum atomic E-state index is 11.3. The van der Waals surface area contributed by atoms with E-state index in [1.807, 2.05) is 12.1 Å². The Hall–Kier alpha value is -2.63. The molecule has 0 aliphatic carbocycles. The Morgan fingerprint density at radius 3 is 2.55 bits per heavy atom. The summed E-state index contributed by atoms with van der Waals surface area (Å²) in [5.41, 5.74) is 2.39. The first-order valence-electron chi connectivity index (χ1n) is 7.08. The van der Waals surface area contributed by atoms with Gasteiger partial charge in [0.05, 0.1) is 0 Å². The molecule has 0 amide bonds. The summed E-state index contributed by atoms with van der Waals surface area (Å²) in [5, 5.41) is 16.2. The Labute approximate surface area is 128 Å². The van der Waals surface area contributed by atoms with Gasteiger partial charge in [-0.1, -0.05) is 45.0 Å². The highest BCUT2D eigenvalue weighted by molar-refractivity contribution is 5.90. The van der Waals surface area contributed by atoms with Crippen molar-refractivity contribution in [3.63, 3.8) is 0 Å². The molecule has 1 aromatic heterocycles. The highest BCUT2D eigenvalue weighted by Gasteiger charge is 2.25. The van der Waals surface area contributed by atoms with Gasteiger partial charge in [0.1, 0.15) is 18.1 Å². The van der Waals surface area contributed by atoms with Crippen molar-refractivity contribution >= 4 is 11.9 Å². The molecule has 0 saturated heterocycles. The second kappa shape index (κ2) is 4.98. The van der Waals surface area contributed by atoms with Gasteiger partial charge in [-0.2, -0.15) is 10.1 Å². The average molecular weight is 298 g/mol. The predicted octanol–water partition coefficient (Wildman–Crippen LogP) is 2.56. The maximum absolute atomic E-state index is 11.3. The molecule has 6 heteroatoms. The van der Waals surface area contributed by atoms with Gasteiger partial charge in [0.2, 0.25) is 5.95 Å². The Morgan fingerprint density at radius 2 is 1.95 bits per heavy atom. The summed E-state index contributed by atoms with van der Waals surface area (Å²) in [5.74, 6) is -0.574. The average Bonchev–Trinajstić information content (AvgIpc) is 2.93. The first-order chi connectivity index (χ1) is 10.4. The number of carboxylic acids is 1. The minimum atomic E-state index is -1.01. The van der Waals surface area contributed by atoms with Crippen LogP contribution in [-0.4, -0.2) is 25.8 Å². The fraction of sp³-hybridized carbons (Fsp3) is 0.312. The van der Waals surface area contributed by atoms with Crippen LogP contribution in [0.1, 0.15) is 37.9 Å². The standard InChI is InChI=1S/C16H18N4O2/c1-16(2,3)11-6-4-10(5-7-11)13-8-12(14(21)22)19-15-17-9-18-20(13)15/h4-9,13H,1-3H3,(H,21,22)(H,17,18,19). The van der Waals surface area contributed by atoms with E-state index in [1.165, 1.54) is 11.9 Å². The number of aliphatic carboxylic acids is 1. The number of hydrogen-bond acceptors (Lipinski definition) is 4. The van der Waals surface area contributed by atoms with Crippen molar-refractivity contribution in [3.8, 4) is 0 Å². The molecule has 1 unspecified atom stereocenters. The zero-order chi connectivity index (χ0) is 15.9. The van der Waals surface area contributed by atoms with Crippen LogP contribution in [-0.2, 0) is 10.2 Å². The number of nitrogens with zero attached hydrogens (tertiary/aromatic N) is 3. The van der Waals surface area contributed by atoms with Crippen LogP contribution < -0.4 is 5.32 Å². The second-order valence-corrected chi connectivity index (χ2v) is 6.36. The third kappa shape index (κ3) is 2.47. The van der Waals surface area contributed by atoms with Gasteiger partial charge in [-0.15, -0.1) is 0 Å². The van der Waals surface area contributed by atoms with Crippen LogP contribution in [0.25, 0.3) is 0 Å².